The van der Waals surface area contributed by atoms with Gasteiger partial charge in [0.25, 0.3) is 0 Å². The fourth-order valence-electron chi connectivity index (χ4n) is 1.99. The van der Waals surface area contributed by atoms with Crippen molar-refractivity contribution in [2.75, 3.05) is 6.54 Å². The van der Waals surface area contributed by atoms with Crippen LogP contribution in [0.25, 0.3) is 0 Å². The summed E-state index contributed by atoms with van der Waals surface area (Å²) < 4.78 is 274. The zero-order valence-corrected chi connectivity index (χ0v) is 15.7. The maximum atomic E-state index is 13.5. The van der Waals surface area contributed by atoms with E-state index in [0.717, 1.165) is 0 Å². The van der Waals surface area contributed by atoms with Crippen LogP contribution < -0.4 is 0 Å². The third-order valence-electron chi connectivity index (χ3n) is 4.18. The number of carbonyl (C=O) groups excluding carboxylic acids is 1. The Morgan fingerprint density at radius 2 is 0.667 bits per heavy atom. The summed E-state index contributed by atoms with van der Waals surface area (Å²) in [7, 11) is 0. The van der Waals surface area contributed by atoms with Crippen LogP contribution in [-0.2, 0) is 4.79 Å². The van der Waals surface area contributed by atoms with Crippen molar-refractivity contribution in [2.24, 2.45) is 4.99 Å². The first-order chi connectivity index (χ1) is 15.3. The van der Waals surface area contributed by atoms with Crippen molar-refractivity contribution in [3.05, 3.63) is 0 Å². The van der Waals surface area contributed by atoms with Gasteiger partial charge in [0.1, 0.15) is 0 Å². The average Bonchev–Trinajstić information content (AvgIpc) is 2.65. The summed E-state index contributed by atoms with van der Waals surface area (Å²) in [5.41, 5.74) is 0. The molecule has 0 N–H and O–H groups in total. The fraction of sp³-hybridized carbons (Fsp3) is 0.923. The van der Waals surface area contributed by atoms with Gasteiger partial charge in [-0.25, -0.2) is 9.79 Å². The molecule has 0 aliphatic carbocycles. The molecule has 0 aromatic rings. The van der Waals surface area contributed by atoms with Crippen LogP contribution in [0.1, 0.15) is 6.42 Å². The third kappa shape index (κ3) is 4.23. The van der Waals surface area contributed by atoms with Crippen molar-refractivity contribution in [1.82, 2.24) is 0 Å². The van der Waals surface area contributed by atoms with Crippen LogP contribution in [0.5, 0.6) is 0 Å². The van der Waals surface area contributed by atoms with Gasteiger partial charge < -0.3 is 0 Å². The van der Waals surface area contributed by atoms with Crippen LogP contribution in [0.3, 0.4) is 0 Å². The van der Waals surface area contributed by atoms with E-state index in [1.54, 1.807) is 0 Å². The van der Waals surface area contributed by atoms with Crippen molar-refractivity contribution in [1.29, 1.82) is 0 Å². The molecule has 0 radical (unpaired) electrons. The third-order valence-corrected chi connectivity index (χ3v) is 4.18. The van der Waals surface area contributed by atoms with E-state index < -0.39 is 72.4 Å². The number of halogens is 21. The number of rotatable bonds is 11. The SMILES string of the molecule is O=C=NCCC(F)(F)C(F)(F)C(F)(F)C(F)(F)C(F)(F)C(F)(F)C(F)(F)C(F)(F)C(F)(F)C(F)(F)F. The first-order valence-electron chi connectivity index (χ1n) is 7.82. The second-order valence-electron chi connectivity index (χ2n) is 6.52. The first kappa shape index (κ1) is 33.9. The predicted octanol–water partition coefficient (Wildman–Crippen LogP) is 6.99. The predicted molar refractivity (Wildman–Crippen MR) is 68.2 cm³/mol. The van der Waals surface area contributed by atoms with Crippen molar-refractivity contribution in [3.8, 4) is 0 Å². The minimum absolute atomic E-state index is 0.305. The van der Waals surface area contributed by atoms with E-state index >= 15 is 0 Å². The Morgan fingerprint density at radius 1 is 0.417 bits per heavy atom. The lowest BCUT2D eigenvalue weighted by molar-refractivity contribution is -0.474. The quantitative estimate of drug-likeness (QED) is 0.145. The standard InChI is InChI=1S/C13H4F21NO/c14-4(15,1-2-35-3-36)5(16,17)6(18,19)7(20,21)8(22,23)9(24,25)10(26,27)11(28,29)12(30,31)13(32,33)34/h1-2H2. The van der Waals surface area contributed by atoms with Gasteiger partial charge >= 0.3 is 59.5 Å². The molecule has 0 spiro atoms. The van der Waals surface area contributed by atoms with Crippen molar-refractivity contribution in [2.45, 2.75) is 65.9 Å². The Bertz CT molecular complexity index is 848. The first-order valence-corrected chi connectivity index (χ1v) is 7.82. The molecule has 36 heavy (non-hydrogen) atoms. The average molecular weight is 589 g/mol. The van der Waals surface area contributed by atoms with Crippen LogP contribution in [0, 0.1) is 0 Å². The van der Waals surface area contributed by atoms with E-state index in [4.69, 9.17) is 0 Å². The van der Waals surface area contributed by atoms with Gasteiger partial charge in [-0.15, -0.1) is 0 Å². The number of aliphatic imine (C=N–C) groups is 1. The van der Waals surface area contributed by atoms with E-state index in [2.05, 4.69) is 0 Å². The smallest absolute Gasteiger partial charge is 0.211 e. The lowest BCUT2D eigenvalue weighted by Gasteiger charge is -2.44. The molecule has 0 fully saturated rings. The summed E-state index contributed by atoms with van der Waals surface area (Å²) in [6.45, 7) is -2.02. The van der Waals surface area contributed by atoms with E-state index in [1.807, 2.05) is 4.99 Å². The molecule has 0 heterocycles. The van der Waals surface area contributed by atoms with Gasteiger partial charge in [-0.05, 0) is 0 Å². The Hall–Kier alpha value is -2.09. The lowest BCUT2D eigenvalue weighted by Crippen LogP contribution is -2.76. The Kier molecular flexibility index (Phi) is 8.24. The number of hydrogen-bond donors (Lipinski definition) is 0. The van der Waals surface area contributed by atoms with E-state index in [0.29, 0.717) is 6.08 Å². The highest BCUT2D eigenvalue weighted by Gasteiger charge is 2.97. The summed E-state index contributed by atoms with van der Waals surface area (Å²) in [6.07, 6.45) is -10.7. The van der Waals surface area contributed by atoms with Gasteiger partial charge in [0, 0.05) is 6.42 Å². The van der Waals surface area contributed by atoms with Gasteiger partial charge in [0.05, 0.1) is 6.54 Å². The van der Waals surface area contributed by atoms with Gasteiger partial charge in [-0.1, -0.05) is 0 Å². The molecular formula is C13H4F21NO. The molecule has 2 nitrogen and oxygen atoms in total. The second-order valence-corrected chi connectivity index (χ2v) is 6.52. The zero-order valence-electron chi connectivity index (χ0n) is 15.7. The van der Waals surface area contributed by atoms with Gasteiger partial charge in [-0.2, -0.15) is 92.2 Å². The minimum atomic E-state index is -9.20. The van der Waals surface area contributed by atoms with Crippen molar-refractivity contribution < 1.29 is 97.0 Å². The van der Waals surface area contributed by atoms with Crippen LogP contribution >= 0.6 is 0 Å². The summed E-state index contributed by atoms with van der Waals surface area (Å²) in [6, 6.07) is 0. The molecule has 0 rings (SSSR count). The number of alkyl halides is 21. The van der Waals surface area contributed by atoms with Crippen LogP contribution in [0.4, 0.5) is 92.2 Å². The monoisotopic (exact) mass is 589 g/mol. The minimum Gasteiger partial charge on any atom is -0.211 e. The largest absolute Gasteiger partial charge is 0.460 e. The normalized spacial score (nSPS) is 16.1. The summed E-state index contributed by atoms with van der Waals surface area (Å²) in [5, 5.41) is 0. The fourth-order valence-corrected chi connectivity index (χ4v) is 1.99. The highest BCUT2D eigenvalue weighted by atomic mass is 19.4. The Labute approximate surface area is 182 Å². The molecule has 0 unspecified atom stereocenters. The second kappa shape index (κ2) is 8.74. The van der Waals surface area contributed by atoms with Crippen LogP contribution in [0.15, 0.2) is 4.99 Å². The maximum absolute atomic E-state index is 13.5. The van der Waals surface area contributed by atoms with E-state index in [9.17, 15) is 97.0 Å². The molecule has 0 aliphatic heterocycles. The topological polar surface area (TPSA) is 29.4 Å². The van der Waals surface area contributed by atoms with Gasteiger partial charge in [0.15, 0.2) is 0 Å². The molecule has 0 bridgehead atoms. The van der Waals surface area contributed by atoms with Crippen LogP contribution in [0.2, 0.25) is 0 Å². The molecular weight excluding hydrogens is 585 g/mol. The number of nitrogens with zero attached hydrogens (tertiary/aromatic N) is 1. The molecule has 0 aromatic heterocycles. The summed E-state index contributed by atoms with van der Waals surface area (Å²) in [5.74, 6) is -77.2. The van der Waals surface area contributed by atoms with E-state index in [-0.39, 0.29) is 0 Å². The van der Waals surface area contributed by atoms with Gasteiger partial charge in [-0.3, -0.25) is 0 Å². The molecule has 0 saturated carbocycles. The molecule has 23 heteroatoms. The van der Waals surface area contributed by atoms with Crippen molar-refractivity contribution >= 4 is 6.08 Å². The highest BCUT2D eigenvalue weighted by Crippen LogP contribution is 2.66. The zero-order chi connectivity index (χ0) is 29.8. The Balaban J connectivity index is 6.97. The Morgan fingerprint density at radius 3 is 0.917 bits per heavy atom. The molecule has 214 valence electrons. The lowest BCUT2D eigenvalue weighted by atomic mass is 9.86. The summed E-state index contributed by atoms with van der Waals surface area (Å²) in [4.78, 5) is 11.7. The number of hydrogen-bond acceptors (Lipinski definition) is 2. The maximum Gasteiger partial charge on any atom is 0.460 e. The molecule has 0 amide bonds. The van der Waals surface area contributed by atoms with E-state index in [1.165, 1.54) is 0 Å². The molecule has 0 aliphatic rings. The van der Waals surface area contributed by atoms with Crippen molar-refractivity contribution in [3.63, 3.8) is 0 Å². The van der Waals surface area contributed by atoms with Gasteiger partial charge in [0.2, 0.25) is 6.08 Å². The summed E-state index contributed by atoms with van der Waals surface area (Å²) >= 11 is 0. The molecule has 0 saturated heterocycles. The number of isocyanates is 1. The van der Waals surface area contributed by atoms with Crippen LogP contribution in [-0.4, -0.2) is 72.1 Å². The molecule has 0 atom stereocenters. The highest BCUT2D eigenvalue weighted by molar-refractivity contribution is 5.32. The molecule has 0 aromatic carbocycles.